The van der Waals surface area contributed by atoms with Crippen molar-refractivity contribution < 1.29 is 9.90 Å². The molecule has 5 rings (SSSR count). The molecule has 0 spiro atoms. The summed E-state index contributed by atoms with van der Waals surface area (Å²) in [6.45, 7) is 2.84. The maximum absolute atomic E-state index is 13.1. The van der Waals surface area contributed by atoms with Gasteiger partial charge < -0.3 is 10.4 Å². The number of nitrogens with one attached hydrogen (secondary N) is 2. The molecule has 0 aliphatic rings. The van der Waals surface area contributed by atoms with Gasteiger partial charge in [-0.25, -0.2) is 4.68 Å². The Hall–Kier alpha value is -3.21. The summed E-state index contributed by atoms with van der Waals surface area (Å²) in [5.41, 5.74) is 0.553. The number of amides is 1. The lowest BCUT2D eigenvalue weighted by molar-refractivity contribution is -0.117. The van der Waals surface area contributed by atoms with Crippen LogP contribution in [-0.2, 0) is 16.9 Å². The van der Waals surface area contributed by atoms with Gasteiger partial charge in [-0.05, 0) is 44.2 Å². The number of aliphatic hydroxyl groups is 1. The van der Waals surface area contributed by atoms with E-state index in [2.05, 4.69) is 20.6 Å². The molecular formula is C20H17ClN6O3S. The summed E-state index contributed by atoms with van der Waals surface area (Å²) in [7, 11) is 0. The van der Waals surface area contributed by atoms with E-state index in [1.165, 1.54) is 11.3 Å². The third-order valence-corrected chi connectivity index (χ3v) is 6.11. The summed E-state index contributed by atoms with van der Waals surface area (Å²) in [5.74, 6) is -0.186. The van der Waals surface area contributed by atoms with Crippen molar-refractivity contribution in [3.8, 4) is 0 Å². The Morgan fingerprint density at radius 1 is 1.29 bits per heavy atom. The normalized spacial score (nSPS) is 12.3. The molecule has 1 aromatic carbocycles. The molecule has 1 amide bonds. The van der Waals surface area contributed by atoms with Gasteiger partial charge in [0.05, 0.1) is 26.3 Å². The first-order valence-corrected chi connectivity index (χ1v) is 10.6. The average Bonchev–Trinajstić information content (AvgIpc) is 3.37. The Morgan fingerprint density at radius 2 is 2.10 bits per heavy atom. The van der Waals surface area contributed by atoms with Crippen molar-refractivity contribution in [2.24, 2.45) is 0 Å². The van der Waals surface area contributed by atoms with Gasteiger partial charge in [-0.1, -0.05) is 11.6 Å². The molecule has 0 unspecified atom stereocenters. The first-order chi connectivity index (χ1) is 14.7. The standard InChI is InChI=1S/C20H17ClN6O3S/c1-20(2,30)19-25-26(18(29)14-6-15-13(27(14)19)7-16(21)31-15)9-17(28)23-11-4-3-10-8-22-24-12(10)5-11/h3-8,30H,9H2,1-2H3,(H,22,24)(H,23,28). The highest BCUT2D eigenvalue weighted by molar-refractivity contribution is 7.22. The summed E-state index contributed by atoms with van der Waals surface area (Å²) in [4.78, 5) is 25.7. The number of hydrogen-bond acceptors (Lipinski definition) is 6. The Labute approximate surface area is 183 Å². The molecule has 31 heavy (non-hydrogen) atoms. The van der Waals surface area contributed by atoms with Crippen LogP contribution in [0.1, 0.15) is 19.7 Å². The number of rotatable bonds is 4. The zero-order valence-electron chi connectivity index (χ0n) is 16.5. The lowest BCUT2D eigenvalue weighted by Crippen LogP contribution is -2.35. The zero-order chi connectivity index (χ0) is 21.9. The minimum Gasteiger partial charge on any atom is -0.382 e. The fourth-order valence-corrected chi connectivity index (χ4v) is 4.70. The fourth-order valence-electron chi connectivity index (χ4n) is 3.54. The molecular weight excluding hydrogens is 440 g/mol. The SMILES string of the molecule is CC(C)(O)c1nn(CC(=O)Nc2ccc3cn[nH]c3c2)c(=O)c2cc3sc(Cl)cc3n12. The topological polar surface area (TPSA) is 117 Å². The molecule has 4 heterocycles. The predicted molar refractivity (Wildman–Crippen MR) is 120 cm³/mol. The van der Waals surface area contributed by atoms with Gasteiger partial charge in [0.2, 0.25) is 5.91 Å². The summed E-state index contributed by atoms with van der Waals surface area (Å²) in [6, 6.07) is 8.77. The molecule has 0 bridgehead atoms. The van der Waals surface area contributed by atoms with Crippen molar-refractivity contribution in [3.63, 3.8) is 0 Å². The van der Waals surface area contributed by atoms with Crippen LogP contribution in [0.25, 0.3) is 26.6 Å². The van der Waals surface area contributed by atoms with Crippen LogP contribution >= 0.6 is 22.9 Å². The number of aromatic nitrogens is 5. The molecule has 0 radical (unpaired) electrons. The molecule has 0 fully saturated rings. The molecule has 3 N–H and O–H groups in total. The van der Waals surface area contributed by atoms with Crippen molar-refractivity contribution >= 4 is 61.2 Å². The van der Waals surface area contributed by atoms with Crippen LogP contribution in [-0.4, -0.2) is 35.4 Å². The molecule has 0 atom stereocenters. The number of anilines is 1. The van der Waals surface area contributed by atoms with Crippen LogP contribution in [0.4, 0.5) is 5.69 Å². The van der Waals surface area contributed by atoms with E-state index >= 15 is 0 Å². The molecule has 5 aromatic rings. The van der Waals surface area contributed by atoms with Gasteiger partial charge in [0.15, 0.2) is 5.82 Å². The molecule has 9 nitrogen and oxygen atoms in total. The van der Waals surface area contributed by atoms with E-state index in [0.717, 1.165) is 20.3 Å². The number of H-pyrrole nitrogens is 1. The molecule has 0 aliphatic heterocycles. The minimum atomic E-state index is -1.36. The Balaban J connectivity index is 1.55. The van der Waals surface area contributed by atoms with Crippen LogP contribution in [0.3, 0.4) is 0 Å². The number of aromatic amines is 1. The van der Waals surface area contributed by atoms with E-state index < -0.39 is 17.1 Å². The lowest BCUT2D eigenvalue weighted by Gasteiger charge is -2.20. The first kappa shape index (κ1) is 19.7. The molecule has 0 saturated heterocycles. The van der Waals surface area contributed by atoms with Gasteiger partial charge in [0.25, 0.3) is 5.56 Å². The van der Waals surface area contributed by atoms with Crippen molar-refractivity contribution in [2.75, 3.05) is 5.32 Å². The Kier molecular flexibility index (Phi) is 4.40. The molecule has 158 valence electrons. The van der Waals surface area contributed by atoms with Gasteiger partial charge in [-0.3, -0.25) is 19.1 Å². The van der Waals surface area contributed by atoms with Gasteiger partial charge in [0.1, 0.15) is 17.7 Å². The van der Waals surface area contributed by atoms with Gasteiger partial charge in [0, 0.05) is 11.1 Å². The van der Waals surface area contributed by atoms with E-state index in [1.54, 1.807) is 48.7 Å². The van der Waals surface area contributed by atoms with E-state index in [4.69, 9.17) is 11.6 Å². The highest BCUT2D eigenvalue weighted by atomic mass is 35.5. The van der Waals surface area contributed by atoms with Crippen molar-refractivity contribution in [1.82, 2.24) is 24.4 Å². The van der Waals surface area contributed by atoms with Gasteiger partial charge in [-0.15, -0.1) is 11.3 Å². The second-order valence-corrected chi connectivity index (χ2v) is 9.45. The third kappa shape index (κ3) is 3.38. The van der Waals surface area contributed by atoms with E-state index in [1.807, 2.05) is 6.07 Å². The first-order valence-electron chi connectivity index (χ1n) is 9.38. The lowest BCUT2D eigenvalue weighted by atomic mass is 10.1. The second kappa shape index (κ2) is 6.91. The maximum Gasteiger partial charge on any atom is 0.291 e. The van der Waals surface area contributed by atoms with Crippen LogP contribution < -0.4 is 10.9 Å². The number of nitrogens with zero attached hydrogens (tertiary/aromatic N) is 4. The largest absolute Gasteiger partial charge is 0.382 e. The monoisotopic (exact) mass is 456 g/mol. The number of hydrogen-bond donors (Lipinski definition) is 3. The molecule has 11 heteroatoms. The summed E-state index contributed by atoms with van der Waals surface area (Å²) in [6.07, 6.45) is 1.69. The second-order valence-electron chi connectivity index (χ2n) is 7.73. The highest BCUT2D eigenvalue weighted by Gasteiger charge is 2.27. The number of fused-ring (bicyclic) bond motifs is 4. The minimum absolute atomic E-state index is 0.234. The Morgan fingerprint density at radius 3 is 2.87 bits per heavy atom. The van der Waals surface area contributed by atoms with Crippen LogP contribution in [0.5, 0.6) is 0 Å². The number of halogens is 1. The number of benzene rings is 1. The number of thiophene rings is 1. The summed E-state index contributed by atoms with van der Waals surface area (Å²) < 4.78 is 4.03. The summed E-state index contributed by atoms with van der Waals surface area (Å²) >= 11 is 7.45. The molecule has 0 saturated carbocycles. The van der Waals surface area contributed by atoms with Crippen LogP contribution in [0.2, 0.25) is 4.34 Å². The van der Waals surface area contributed by atoms with Crippen LogP contribution in [0, 0.1) is 0 Å². The maximum atomic E-state index is 13.1. The zero-order valence-corrected chi connectivity index (χ0v) is 18.1. The fraction of sp³-hybridized carbons (Fsp3) is 0.200. The molecule has 4 aromatic heterocycles. The highest BCUT2D eigenvalue weighted by Crippen LogP contribution is 2.33. The van der Waals surface area contributed by atoms with E-state index in [0.29, 0.717) is 21.1 Å². The van der Waals surface area contributed by atoms with Crippen molar-refractivity contribution in [2.45, 2.75) is 26.0 Å². The van der Waals surface area contributed by atoms with E-state index in [-0.39, 0.29) is 12.4 Å². The molecule has 0 aliphatic carbocycles. The quantitative estimate of drug-likeness (QED) is 0.384. The van der Waals surface area contributed by atoms with Crippen molar-refractivity contribution in [1.29, 1.82) is 0 Å². The van der Waals surface area contributed by atoms with E-state index in [9.17, 15) is 14.7 Å². The number of carbonyl (C=O) groups is 1. The Bertz CT molecular complexity index is 1540. The smallest absolute Gasteiger partial charge is 0.291 e. The summed E-state index contributed by atoms with van der Waals surface area (Å²) in [5, 5.41) is 25.5. The third-order valence-electron chi connectivity index (χ3n) is 4.91. The predicted octanol–water partition coefficient (Wildman–Crippen LogP) is 3.11. The van der Waals surface area contributed by atoms with Crippen LogP contribution in [0.15, 0.2) is 41.3 Å². The average molecular weight is 457 g/mol. The van der Waals surface area contributed by atoms with Gasteiger partial charge in [-0.2, -0.15) is 10.2 Å². The number of carbonyl (C=O) groups excluding carboxylic acids is 1. The van der Waals surface area contributed by atoms with Crippen molar-refractivity contribution in [3.05, 3.63) is 57.0 Å². The van der Waals surface area contributed by atoms with Gasteiger partial charge >= 0.3 is 0 Å².